The van der Waals surface area contributed by atoms with E-state index in [9.17, 15) is 4.79 Å². The maximum absolute atomic E-state index is 12.4. The molecule has 1 fully saturated rings. The van der Waals surface area contributed by atoms with E-state index < -0.39 is 0 Å². The number of anilines is 1. The van der Waals surface area contributed by atoms with Crippen molar-refractivity contribution in [2.45, 2.75) is 32.1 Å². The zero-order chi connectivity index (χ0) is 15.2. The molecule has 2 aromatic carbocycles. The number of carbonyl (C=O) groups excluding carboxylic acids is 1. The molecule has 0 aliphatic carbocycles. The minimum absolute atomic E-state index is 0.218. The van der Waals surface area contributed by atoms with Crippen LogP contribution in [0.2, 0.25) is 0 Å². The Labute approximate surface area is 132 Å². The average Bonchev–Trinajstić information content (AvgIpc) is 2.52. The summed E-state index contributed by atoms with van der Waals surface area (Å²) >= 11 is 0. The van der Waals surface area contributed by atoms with Crippen molar-refractivity contribution in [2.24, 2.45) is 0 Å². The molecule has 3 nitrogen and oxygen atoms in total. The van der Waals surface area contributed by atoms with Crippen LogP contribution in [0.4, 0.5) is 5.69 Å². The number of amides is 1. The van der Waals surface area contributed by atoms with Crippen molar-refractivity contribution >= 4 is 22.4 Å². The molecule has 0 bridgehead atoms. The predicted octanol–water partition coefficient (Wildman–Crippen LogP) is 4.04. The van der Waals surface area contributed by atoms with Gasteiger partial charge in [0, 0.05) is 18.8 Å². The first-order chi connectivity index (χ1) is 10.8. The van der Waals surface area contributed by atoms with Crippen LogP contribution >= 0.6 is 0 Å². The summed E-state index contributed by atoms with van der Waals surface area (Å²) in [7, 11) is 0. The van der Waals surface area contributed by atoms with E-state index in [2.05, 4.69) is 29.6 Å². The second-order valence-corrected chi connectivity index (χ2v) is 6.06. The van der Waals surface area contributed by atoms with Crippen LogP contribution in [0.3, 0.4) is 0 Å². The minimum atomic E-state index is 0.218. The Morgan fingerprint density at radius 1 is 0.909 bits per heavy atom. The van der Waals surface area contributed by atoms with Gasteiger partial charge in [0.15, 0.2) is 0 Å². The lowest BCUT2D eigenvalue weighted by Gasteiger charge is -2.25. The zero-order valence-corrected chi connectivity index (χ0v) is 13.1. The Morgan fingerprint density at radius 2 is 1.59 bits per heavy atom. The van der Waals surface area contributed by atoms with Gasteiger partial charge in [0.2, 0.25) is 5.91 Å². The van der Waals surface area contributed by atoms with E-state index in [0.717, 1.165) is 31.6 Å². The number of carbonyl (C=O) groups is 1. The molecule has 1 aliphatic heterocycles. The lowest BCUT2D eigenvalue weighted by atomic mass is 10.1. The minimum Gasteiger partial charge on any atom is -0.376 e. The van der Waals surface area contributed by atoms with Gasteiger partial charge in [0.25, 0.3) is 0 Å². The van der Waals surface area contributed by atoms with Gasteiger partial charge in [0.1, 0.15) is 0 Å². The summed E-state index contributed by atoms with van der Waals surface area (Å²) < 4.78 is 0. The number of nitrogens with one attached hydrogen (secondary N) is 1. The van der Waals surface area contributed by atoms with E-state index >= 15 is 0 Å². The van der Waals surface area contributed by atoms with Gasteiger partial charge in [-0.1, -0.05) is 49.6 Å². The van der Waals surface area contributed by atoms with Crippen molar-refractivity contribution in [1.82, 2.24) is 4.90 Å². The molecule has 1 saturated heterocycles. The summed E-state index contributed by atoms with van der Waals surface area (Å²) in [6.07, 6.45) is 6.10. The van der Waals surface area contributed by atoms with Crippen molar-refractivity contribution in [1.29, 1.82) is 0 Å². The highest BCUT2D eigenvalue weighted by atomic mass is 16.2. The Balaban J connectivity index is 1.59. The summed E-state index contributed by atoms with van der Waals surface area (Å²) in [5, 5.41) is 5.70. The van der Waals surface area contributed by atoms with Gasteiger partial charge in [0.05, 0.1) is 6.54 Å². The fourth-order valence-electron chi connectivity index (χ4n) is 3.09. The predicted molar refractivity (Wildman–Crippen MR) is 92.1 cm³/mol. The van der Waals surface area contributed by atoms with Gasteiger partial charge in [-0.05, 0) is 35.7 Å². The molecule has 22 heavy (non-hydrogen) atoms. The van der Waals surface area contributed by atoms with Crippen LogP contribution in [0.25, 0.3) is 10.8 Å². The summed E-state index contributed by atoms with van der Waals surface area (Å²) in [5.74, 6) is 0.218. The van der Waals surface area contributed by atoms with Crippen LogP contribution in [0.15, 0.2) is 42.5 Å². The Bertz CT molecular complexity index is 630. The van der Waals surface area contributed by atoms with Crippen molar-refractivity contribution in [2.75, 3.05) is 25.0 Å². The molecule has 3 heteroatoms. The first-order valence-corrected chi connectivity index (χ1v) is 8.33. The lowest BCUT2D eigenvalue weighted by Crippen LogP contribution is -2.37. The molecule has 0 unspecified atom stereocenters. The maximum atomic E-state index is 12.4. The number of hydrogen-bond acceptors (Lipinski definition) is 2. The summed E-state index contributed by atoms with van der Waals surface area (Å²) in [6.45, 7) is 2.22. The van der Waals surface area contributed by atoms with Gasteiger partial charge in [-0.15, -0.1) is 0 Å². The molecule has 0 saturated carbocycles. The zero-order valence-electron chi connectivity index (χ0n) is 13.1. The van der Waals surface area contributed by atoms with E-state index in [0.29, 0.717) is 6.54 Å². The summed E-state index contributed by atoms with van der Waals surface area (Å²) in [5.41, 5.74) is 1.01. The van der Waals surface area contributed by atoms with Crippen LogP contribution in [0.1, 0.15) is 32.1 Å². The number of nitrogens with zero attached hydrogens (tertiary/aromatic N) is 1. The fourth-order valence-corrected chi connectivity index (χ4v) is 3.09. The van der Waals surface area contributed by atoms with Crippen molar-refractivity contribution in [3.63, 3.8) is 0 Å². The number of likely N-dealkylation sites (tertiary alicyclic amines) is 1. The third-order valence-corrected chi connectivity index (χ3v) is 4.40. The molecule has 0 spiro atoms. The molecule has 0 atom stereocenters. The molecule has 0 radical (unpaired) electrons. The SMILES string of the molecule is O=C(CNc1ccc2ccccc2c1)N1CCCCCCC1. The molecular weight excluding hydrogens is 272 g/mol. The van der Waals surface area contributed by atoms with Gasteiger partial charge in [-0.2, -0.15) is 0 Å². The number of fused-ring (bicyclic) bond motifs is 1. The van der Waals surface area contributed by atoms with Gasteiger partial charge in [-0.3, -0.25) is 4.79 Å². The third kappa shape index (κ3) is 3.79. The van der Waals surface area contributed by atoms with Crippen molar-refractivity contribution < 1.29 is 4.79 Å². The average molecular weight is 296 g/mol. The van der Waals surface area contributed by atoms with E-state index in [1.54, 1.807) is 0 Å². The van der Waals surface area contributed by atoms with Gasteiger partial charge in [-0.25, -0.2) is 0 Å². The van der Waals surface area contributed by atoms with Crippen molar-refractivity contribution in [3.8, 4) is 0 Å². The maximum Gasteiger partial charge on any atom is 0.241 e. The third-order valence-electron chi connectivity index (χ3n) is 4.40. The van der Waals surface area contributed by atoms with Crippen molar-refractivity contribution in [3.05, 3.63) is 42.5 Å². The van der Waals surface area contributed by atoms with Crippen LogP contribution in [0.5, 0.6) is 0 Å². The number of rotatable bonds is 3. The molecule has 116 valence electrons. The van der Waals surface area contributed by atoms with E-state index in [-0.39, 0.29) is 5.91 Å². The highest BCUT2D eigenvalue weighted by Gasteiger charge is 2.14. The quantitative estimate of drug-likeness (QED) is 0.927. The van der Waals surface area contributed by atoms with E-state index in [4.69, 9.17) is 0 Å². The molecule has 1 amide bonds. The summed E-state index contributed by atoms with van der Waals surface area (Å²) in [4.78, 5) is 14.4. The van der Waals surface area contributed by atoms with Crippen LogP contribution in [-0.2, 0) is 4.79 Å². The second-order valence-electron chi connectivity index (χ2n) is 6.06. The molecule has 3 rings (SSSR count). The molecule has 1 N–H and O–H groups in total. The van der Waals surface area contributed by atoms with Gasteiger partial charge < -0.3 is 10.2 Å². The first-order valence-electron chi connectivity index (χ1n) is 8.33. The highest BCUT2D eigenvalue weighted by Crippen LogP contribution is 2.18. The largest absolute Gasteiger partial charge is 0.376 e. The van der Waals surface area contributed by atoms with Gasteiger partial charge >= 0.3 is 0 Å². The molecular formula is C19H24N2O. The monoisotopic (exact) mass is 296 g/mol. The normalized spacial score (nSPS) is 16.1. The second kappa shape index (κ2) is 7.30. The Morgan fingerprint density at radius 3 is 2.36 bits per heavy atom. The van der Waals surface area contributed by atoms with Crippen LogP contribution in [0, 0.1) is 0 Å². The van der Waals surface area contributed by atoms with E-state index in [1.165, 1.54) is 30.0 Å². The Hall–Kier alpha value is -2.03. The van der Waals surface area contributed by atoms with Crippen LogP contribution in [-0.4, -0.2) is 30.4 Å². The van der Waals surface area contributed by atoms with Crippen LogP contribution < -0.4 is 5.32 Å². The molecule has 1 aliphatic rings. The first kappa shape index (κ1) is 14.9. The standard InChI is InChI=1S/C19H24N2O/c22-19(21-12-6-2-1-3-7-13-21)15-20-18-11-10-16-8-4-5-9-17(16)14-18/h4-5,8-11,14,20H,1-3,6-7,12-13,15H2. The fraction of sp³-hybridized carbons (Fsp3) is 0.421. The molecule has 1 heterocycles. The topological polar surface area (TPSA) is 32.3 Å². The molecule has 2 aromatic rings. The summed E-state index contributed by atoms with van der Waals surface area (Å²) in [6, 6.07) is 14.5. The Kier molecular flexibility index (Phi) is 4.94. The number of hydrogen-bond donors (Lipinski definition) is 1. The smallest absolute Gasteiger partial charge is 0.241 e. The number of benzene rings is 2. The highest BCUT2D eigenvalue weighted by molar-refractivity contribution is 5.87. The molecule has 0 aromatic heterocycles. The van der Waals surface area contributed by atoms with E-state index in [1.807, 2.05) is 23.1 Å². The lowest BCUT2D eigenvalue weighted by molar-refractivity contribution is -0.129.